The van der Waals surface area contributed by atoms with E-state index in [0.29, 0.717) is 11.7 Å². The molecule has 1 aromatic rings. The summed E-state index contributed by atoms with van der Waals surface area (Å²) in [5, 5.41) is 7.96. The first-order valence-electron chi connectivity index (χ1n) is 7.05. The first-order valence-corrected chi connectivity index (χ1v) is 7.46. The van der Waals surface area contributed by atoms with E-state index in [-0.39, 0.29) is 5.54 Å². The van der Waals surface area contributed by atoms with Gasteiger partial charge in [-0.15, -0.1) is 0 Å². The van der Waals surface area contributed by atoms with Crippen LogP contribution in [0.25, 0.3) is 0 Å². The van der Waals surface area contributed by atoms with Gasteiger partial charge in [-0.05, 0) is 63.7 Å². The number of nitrogens with zero attached hydrogens (tertiary/aromatic N) is 1. The van der Waals surface area contributed by atoms with E-state index in [0.717, 1.165) is 22.6 Å². The molecule has 0 saturated heterocycles. The quantitative estimate of drug-likeness (QED) is 0.496. The fourth-order valence-corrected chi connectivity index (χ4v) is 2.19. The number of rotatable bonds is 5. The highest BCUT2D eigenvalue weighted by molar-refractivity contribution is 7.80. The average molecular weight is 323 g/mol. The summed E-state index contributed by atoms with van der Waals surface area (Å²) in [5.41, 5.74) is 5.56. The van der Waals surface area contributed by atoms with Crippen LogP contribution in [0, 0.1) is 0 Å². The van der Waals surface area contributed by atoms with Gasteiger partial charge >= 0.3 is 0 Å². The lowest BCUT2D eigenvalue weighted by Crippen LogP contribution is -2.44. The summed E-state index contributed by atoms with van der Waals surface area (Å²) >= 11 is 5.21. The normalized spacial score (nSPS) is 12.0. The van der Waals surface area contributed by atoms with Crippen molar-refractivity contribution >= 4 is 23.0 Å². The summed E-state index contributed by atoms with van der Waals surface area (Å²) in [5.74, 6) is 0.802. The third-order valence-electron chi connectivity index (χ3n) is 2.81. The lowest BCUT2D eigenvalue weighted by molar-refractivity contribution is 0.181. The van der Waals surface area contributed by atoms with Crippen LogP contribution < -0.4 is 15.5 Å². The molecule has 0 atom stereocenters. The number of thiocarbonyl (C=S) groups is 1. The molecule has 0 amide bonds. The topological polar surface area (TPSA) is 54.9 Å². The smallest absolute Gasteiger partial charge is 0.187 e. The summed E-state index contributed by atoms with van der Waals surface area (Å²) in [6.45, 7) is 8.53. The maximum atomic E-state index is 5.32. The number of benzene rings is 1. The van der Waals surface area contributed by atoms with Gasteiger partial charge in [-0.25, -0.2) is 0 Å². The molecular formula is C16H25N3O2S. The Hall–Kier alpha value is -1.66. The first kappa shape index (κ1) is 18.4. The van der Waals surface area contributed by atoms with Gasteiger partial charge in [0.05, 0.1) is 19.4 Å². The fourth-order valence-electron chi connectivity index (χ4n) is 1.84. The van der Waals surface area contributed by atoms with E-state index in [1.807, 2.05) is 45.9 Å². The van der Waals surface area contributed by atoms with Crippen molar-refractivity contribution in [2.45, 2.75) is 39.8 Å². The van der Waals surface area contributed by atoms with E-state index in [9.17, 15) is 0 Å². The third kappa shape index (κ3) is 5.99. The molecule has 0 fully saturated rings. The summed E-state index contributed by atoms with van der Waals surface area (Å²) in [6.07, 6.45) is 0. The molecule has 0 aliphatic rings. The average Bonchev–Trinajstić information content (AvgIpc) is 2.43. The number of hydrogen-bond acceptors (Lipinski definition) is 4. The minimum atomic E-state index is -0.0980. The van der Waals surface area contributed by atoms with Gasteiger partial charge in [0.15, 0.2) is 5.11 Å². The van der Waals surface area contributed by atoms with E-state index in [1.165, 1.54) is 0 Å². The van der Waals surface area contributed by atoms with Gasteiger partial charge in [0.2, 0.25) is 0 Å². The lowest BCUT2D eigenvalue weighted by atomic mass is 10.1. The molecule has 5 nitrogen and oxygen atoms in total. The number of hydrogen-bond donors (Lipinski definition) is 2. The highest BCUT2D eigenvalue weighted by atomic mass is 32.1. The van der Waals surface area contributed by atoms with Crippen LogP contribution in [0.2, 0.25) is 0 Å². The third-order valence-corrected chi connectivity index (χ3v) is 3.01. The predicted octanol–water partition coefficient (Wildman–Crippen LogP) is 2.83. The molecule has 0 aliphatic carbocycles. The summed E-state index contributed by atoms with van der Waals surface area (Å²) in [7, 11) is 3.30. The van der Waals surface area contributed by atoms with E-state index >= 15 is 0 Å². The minimum Gasteiger partial charge on any atom is -0.496 e. The number of hydrazone groups is 1. The molecule has 0 bridgehead atoms. The van der Waals surface area contributed by atoms with Crippen molar-refractivity contribution in [3.8, 4) is 5.75 Å². The van der Waals surface area contributed by atoms with Crippen LogP contribution in [-0.2, 0) is 11.3 Å². The molecule has 0 saturated carbocycles. The van der Waals surface area contributed by atoms with Crippen LogP contribution in [0.4, 0.5) is 0 Å². The largest absolute Gasteiger partial charge is 0.496 e. The minimum absolute atomic E-state index is 0.0980. The Balaban J connectivity index is 2.84. The zero-order chi connectivity index (χ0) is 16.8. The number of methoxy groups -OCH3 is 2. The summed E-state index contributed by atoms with van der Waals surface area (Å²) in [4.78, 5) is 0. The second-order valence-electron chi connectivity index (χ2n) is 5.97. The predicted molar refractivity (Wildman–Crippen MR) is 94.5 cm³/mol. The molecule has 0 spiro atoms. The van der Waals surface area contributed by atoms with E-state index in [4.69, 9.17) is 21.7 Å². The highest BCUT2D eigenvalue weighted by Crippen LogP contribution is 2.21. The molecule has 1 rings (SSSR count). The fraction of sp³-hybridized carbons (Fsp3) is 0.500. The van der Waals surface area contributed by atoms with Gasteiger partial charge in [-0.2, -0.15) is 5.10 Å². The number of ether oxygens (including phenoxy) is 2. The Kier molecular flexibility index (Phi) is 6.77. The molecule has 122 valence electrons. The summed E-state index contributed by atoms with van der Waals surface area (Å²) < 4.78 is 10.5. The van der Waals surface area contributed by atoms with Crippen LogP contribution in [-0.4, -0.2) is 30.6 Å². The van der Waals surface area contributed by atoms with Gasteiger partial charge < -0.3 is 14.8 Å². The molecule has 0 aromatic heterocycles. The van der Waals surface area contributed by atoms with Crippen molar-refractivity contribution in [3.63, 3.8) is 0 Å². The van der Waals surface area contributed by atoms with E-state index in [2.05, 4.69) is 15.8 Å². The van der Waals surface area contributed by atoms with Gasteiger partial charge in [0, 0.05) is 18.2 Å². The van der Waals surface area contributed by atoms with E-state index in [1.54, 1.807) is 14.2 Å². The Morgan fingerprint density at radius 2 is 1.95 bits per heavy atom. The second-order valence-corrected chi connectivity index (χ2v) is 6.38. The molecule has 0 radical (unpaired) electrons. The van der Waals surface area contributed by atoms with Crippen molar-refractivity contribution in [1.29, 1.82) is 0 Å². The standard InChI is InChI=1S/C16H25N3O2S/c1-11(18-19-15(22)17-16(2,3)4)12-7-8-14(21-6)13(9-12)10-20-5/h7-9H,10H2,1-6H3,(H2,17,19,22)/b18-11-. The maximum Gasteiger partial charge on any atom is 0.187 e. The zero-order valence-electron chi connectivity index (χ0n) is 14.1. The molecule has 1 aromatic carbocycles. The Morgan fingerprint density at radius 1 is 1.27 bits per heavy atom. The van der Waals surface area contributed by atoms with Crippen LogP contribution in [0.5, 0.6) is 5.75 Å². The van der Waals surface area contributed by atoms with Gasteiger partial charge in [-0.1, -0.05) is 0 Å². The second kappa shape index (κ2) is 8.10. The molecule has 6 heteroatoms. The van der Waals surface area contributed by atoms with Crippen LogP contribution in [0.15, 0.2) is 23.3 Å². The molecule has 0 aliphatic heterocycles. The Labute approximate surface area is 138 Å². The Bertz CT molecular complexity index is 551. The molecule has 2 N–H and O–H groups in total. The van der Waals surface area contributed by atoms with Crippen molar-refractivity contribution in [3.05, 3.63) is 29.3 Å². The van der Waals surface area contributed by atoms with Crippen molar-refractivity contribution in [1.82, 2.24) is 10.7 Å². The molecule has 0 unspecified atom stereocenters. The lowest BCUT2D eigenvalue weighted by Gasteiger charge is -2.21. The van der Waals surface area contributed by atoms with Crippen LogP contribution in [0.1, 0.15) is 38.8 Å². The van der Waals surface area contributed by atoms with Crippen LogP contribution in [0.3, 0.4) is 0 Å². The SMILES string of the molecule is COCc1cc(/C(C)=N\NC(=S)NC(C)(C)C)ccc1OC. The molecule has 0 heterocycles. The molecule has 22 heavy (non-hydrogen) atoms. The highest BCUT2D eigenvalue weighted by Gasteiger charge is 2.11. The van der Waals surface area contributed by atoms with E-state index < -0.39 is 0 Å². The van der Waals surface area contributed by atoms with Crippen molar-refractivity contribution in [2.24, 2.45) is 5.10 Å². The number of nitrogens with one attached hydrogen (secondary N) is 2. The van der Waals surface area contributed by atoms with Crippen LogP contribution >= 0.6 is 12.2 Å². The zero-order valence-corrected chi connectivity index (χ0v) is 14.9. The monoisotopic (exact) mass is 323 g/mol. The van der Waals surface area contributed by atoms with Crippen molar-refractivity contribution in [2.75, 3.05) is 14.2 Å². The van der Waals surface area contributed by atoms with Crippen molar-refractivity contribution < 1.29 is 9.47 Å². The first-order chi connectivity index (χ1) is 10.3. The molecular weight excluding hydrogens is 298 g/mol. The maximum absolute atomic E-state index is 5.32. The van der Waals surface area contributed by atoms with Gasteiger partial charge in [0.25, 0.3) is 0 Å². The Morgan fingerprint density at radius 3 is 2.50 bits per heavy atom. The van der Waals surface area contributed by atoms with Gasteiger partial charge in [-0.3, -0.25) is 5.43 Å². The summed E-state index contributed by atoms with van der Waals surface area (Å²) in [6, 6.07) is 5.87. The van der Waals surface area contributed by atoms with Gasteiger partial charge in [0.1, 0.15) is 5.75 Å².